The molecule has 0 spiro atoms. The predicted molar refractivity (Wildman–Crippen MR) is 47.4 cm³/mol. The molecule has 13 heavy (non-hydrogen) atoms. The molecule has 2 rings (SSSR count). The van der Waals surface area contributed by atoms with Crippen LogP contribution in [0, 0.1) is 11.8 Å². The van der Waals surface area contributed by atoms with Crippen LogP contribution >= 0.6 is 0 Å². The summed E-state index contributed by atoms with van der Waals surface area (Å²) in [6.07, 6.45) is 4.29. The topological polar surface area (TPSA) is 46.5 Å². The number of hydrogen-bond acceptors (Lipinski definition) is 2. The first kappa shape index (κ1) is 9.00. The van der Waals surface area contributed by atoms with Gasteiger partial charge < -0.3 is 9.84 Å². The molecule has 1 aliphatic carbocycles. The number of carboxylic acids is 1. The van der Waals surface area contributed by atoms with E-state index in [0.29, 0.717) is 18.1 Å². The van der Waals surface area contributed by atoms with E-state index < -0.39 is 5.97 Å². The SMILES string of the molecule is C[C@@H]1C[C@@H]2C[C@H](C(=O)O)CC[C@@H]2O1. The van der Waals surface area contributed by atoms with E-state index in [0.717, 1.165) is 25.7 Å². The molecule has 0 aromatic heterocycles. The maximum absolute atomic E-state index is 10.8. The average molecular weight is 184 g/mol. The lowest BCUT2D eigenvalue weighted by Gasteiger charge is -2.28. The monoisotopic (exact) mass is 184 g/mol. The second kappa shape index (κ2) is 3.29. The molecule has 0 unspecified atom stereocenters. The first-order valence-electron chi connectivity index (χ1n) is 5.05. The third-order valence-corrected chi connectivity index (χ3v) is 3.30. The van der Waals surface area contributed by atoms with Gasteiger partial charge in [0.2, 0.25) is 0 Å². The number of rotatable bonds is 1. The van der Waals surface area contributed by atoms with Gasteiger partial charge in [0.15, 0.2) is 0 Å². The van der Waals surface area contributed by atoms with Gasteiger partial charge in [-0.05, 0) is 38.5 Å². The highest BCUT2D eigenvalue weighted by Gasteiger charge is 2.39. The molecule has 1 N–H and O–H groups in total. The Labute approximate surface area is 78.1 Å². The molecule has 1 saturated heterocycles. The first-order chi connectivity index (χ1) is 6.16. The fourth-order valence-electron chi connectivity index (χ4n) is 2.67. The molecule has 74 valence electrons. The minimum Gasteiger partial charge on any atom is -0.481 e. The van der Waals surface area contributed by atoms with Crippen molar-refractivity contribution in [2.75, 3.05) is 0 Å². The van der Waals surface area contributed by atoms with Crippen LogP contribution in [0.4, 0.5) is 0 Å². The molecule has 3 heteroatoms. The fraction of sp³-hybridized carbons (Fsp3) is 0.900. The Morgan fingerprint density at radius 2 is 2.15 bits per heavy atom. The van der Waals surface area contributed by atoms with Crippen molar-refractivity contribution in [3.63, 3.8) is 0 Å². The lowest BCUT2D eigenvalue weighted by atomic mass is 9.79. The van der Waals surface area contributed by atoms with Crippen LogP contribution in [0.25, 0.3) is 0 Å². The largest absolute Gasteiger partial charge is 0.481 e. The highest BCUT2D eigenvalue weighted by atomic mass is 16.5. The zero-order valence-electron chi connectivity index (χ0n) is 7.90. The van der Waals surface area contributed by atoms with Crippen molar-refractivity contribution in [2.45, 2.75) is 44.8 Å². The molecule has 4 atom stereocenters. The Hall–Kier alpha value is -0.570. The molecule has 2 aliphatic rings. The first-order valence-corrected chi connectivity index (χ1v) is 5.05. The van der Waals surface area contributed by atoms with E-state index in [-0.39, 0.29) is 5.92 Å². The van der Waals surface area contributed by atoms with Gasteiger partial charge in [-0.1, -0.05) is 0 Å². The minimum atomic E-state index is -0.627. The second-order valence-electron chi connectivity index (χ2n) is 4.33. The summed E-state index contributed by atoms with van der Waals surface area (Å²) in [6.45, 7) is 2.08. The fourth-order valence-corrected chi connectivity index (χ4v) is 2.67. The number of hydrogen-bond donors (Lipinski definition) is 1. The summed E-state index contributed by atoms with van der Waals surface area (Å²) < 4.78 is 5.70. The zero-order chi connectivity index (χ0) is 9.42. The number of carboxylic acid groups (broad SMARTS) is 1. The van der Waals surface area contributed by atoms with E-state index >= 15 is 0 Å². The molecular formula is C10H16O3. The van der Waals surface area contributed by atoms with Crippen LogP contribution in [0.1, 0.15) is 32.6 Å². The van der Waals surface area contributed by atoms with Gasteiger partial charge in [0.1, 0.15) is 0 Å². The summed E-state index contributed by atoms with van der Waals surface area (Å²) >= 11 is 0. The van der Waals surface area contributed by atoms with Gasteiger partial charge in [-0.3, -0.25) is 4.79 Å². The Balaban J connectivity index is 1.97. The molecule has 3 nitrogen and oxygen atoms in total. The third kappa shape index (κ3) is 1.70. The van der Waals surface area contributed by atoms with E-state index in [4.69, 9.17) is 9.84 Å². The van der Waals surface area contributed by atoms with E-state index in [1.807, 2.05) is 0 Å². The molecular weight excluding hydrogens is 168 g/mol. The summed E-state index contributed by atoms with van der Waals surface area (Å²) in [5.74, 6) is -0.238. The molecule has 0 aromatic carbocycles. The summed E-state index contributed by atoms with van der Waals surface area (Å²) in [5.41, 5.74) is 0. The number of ether oxygens (including phenoxy) is 1. The molecule has 1 heterocycles. The number of aliphatic carboxylic acids is 1. The van der Waals surface area contributed by atoms with Crippen LogP contribution < -0.4 is 0 Å². The third-order valence-electron chi connectivity index (χ3n) is 3.30. The standard InChI is InChI=1S/C10H16O3/c1-6-4-8-5-7(10(11)12)2-3-9(8)13-6/h6-9H,2-5H2,1H3,(H,11,12)/t6-,7-,8-,9+/m1/s1. The van der Waals surface area contributed by atoms with Gasteiger partial charge >= 0.3 is 5.97 Å². The summed E-state index contributed by atoms with van der Waals surface area (Å²) in [4.78, 5) is 10.8. The van der Waals surface area contributed by atoms with Crippen LogP contribution in [-0.2, 0) is 9.53 Å². The normalized spacial score (nSPS) is 44.4. The molecule has 1 saturated carbocycles. The molecule has 0 amide bonds. The summed E-state index contributed by atoms with van der Waals surface area (Å²) in [6, 6.07) is 0. The van der Waals surface area contributed by atoms with E-state index in [9.17, 15) is 4.79 Å². The van der Waals surface area contributed by atoms with Gasteiger partial charge in [-0.15, -0.1) is 0 Å². The molecule has 1 aliphatic heterocycles. The Morgan fingerprint density at radius 1 is 1.38 bits per heavy atom. The Morgan fingerprint density at radius 3 is 2.85 bits per heavy atom. The van der Waals surface area contributed by atoms with Gasteiger partial charge in [-0.2, -0.15) is 0 Å². The summed E-state index contributed by atoms with van der Waals surface area (Å²) in [5, 5.41) is 8.88. The summed E-state index contributed by atoms with van der Waals surface area (Å²) in [7, 11) is 0. The van der Waals surface area contributed by atoms with Crippen LogP contribution in [0.2, 0.25) is 0 Å². The maximum atomic E-state index is 10.8. The van der Waals surface area contributed by atoms with Crippen LogP contribution in [0.3, 0.4) is 0 Å². The molecule has 0 radical (unpaired) electrons. The smallest absolute Gasteiger partial charge is 0.306 e. The lowest BCUT2D eigenvalue weighted by Crippen LogP contribution is -2.29. The number of carbonyl (C=O) groups is 1. The number of fused-ring (bicyclic) bond motifs is 1. The van der Waals surface area contributed by atoms with Crippen LogP contribution in [0.5, 0.6) is 0 Å². The zero-order valence-corrected chi connectivity index (χ0v) is 7.90. The van der Waals surface area contributed by atoms with Gasteiger partial charge in [0, 0.05) is 0 Å². The average Bonchev–Trinajstić information content (AvgIpc) is 2.42. The van der Waals surface area contributed by atoms with Crippen molar-refractivity contribution in [1.29, 1.82) is 0 Å². The lowest BCUT2D eigenvalue weighted by molar-refractivity contribution is -0.144. The van der Waals surface area contributed by atoms with Gasteiger partial charge in [-0.25, -0.2) is 0 Å². The van der Waals surface area contributed by atoms with E-state index in [2.05, 4.69) is 6.92 Å². The predicted octanol–water partition coefficient (Wildman–Crippen LogP) is 1.66. The van der Waals surface area contributed by atoms with E-state index in [1.54, 1.807) is 0 Å². The molecule has 0 aromatic rings. The van der Waals surface area contributed by atoms with Gasteiger partial charge in [0.25, 0.3) is 0 Å². The van der Waals surface area contributed by atoms with Gasteiger partial charge in [0.05, 0.1) is 18.1 Å². The minimum absolute atomic E-state index is 0.116. The maximum Gasteiger partial charge on any atom is 0.306 e. The molecule has 0 bridgehead atoms. The Kier molecular flexibility index (Phi) is 2.28. The van der Waals surface area contributed by atoms with Crippen molar-refractivity contribution in [3.05, 3.63) is 0 Å². The van der Waals surface area contributed by atoms with Crippen molar-refractivity contribution in [1.82, 2.24) is 0 Å². The molecule has 2 fully saturated rings. The second-order valence-corrected chi connectivity index (χ2v) is 4.33. The Bertz CT molecular complexity index is 214. The van der Waals surface area contributed by atoms with Crippen molar-refractivity contribution < 1.29 is 14.6 Å². The van der Waals surface area contributed by atoms with Crippen LogP contribution in [0.15, 0.2) is 0 Å². The highest BCUT2D eigenvalue weighted by molar-refractivity contribution is 5.70. The van der Waals surface area contributed by atoms with E-state index in [1.165, 1.54) is 0 Å². The van der Waals surface area contributed by atoms with Crippen molar-refractivity contribution in [3.8, 4) is 0 Å². The van der Waals surface area contributed by atoms with Crippen LogP contribution in [-0.4, -0.2) is 23.3 Å². The quantitative estimate of drug-likeness (QED) is 0.674. The van der Waals surface area contributed by atoms with Crippen molar-refractivity contribution in [2.24, 2.45) is 11.8 Å². The highest BCUT2D eigenvalue weighted by Crippen LogP contribution is 2.39. The van der Waals surface area contributed by atoms with Crippen molar-refractivity contribution >= 4 is 5.97 Å².